The van der Waals surface area contributed by atoms with Gasteiger partial charge in [0.1, 0.15) is 6.29 Å². The summed E-state index contributed by atoms with van der Waals surface area (Å²) in [4.78, 5) is 12.9. The lowest BCUT2D eigenvalue weighted by molar-refractivity contribution is 0.112. The molecule has 23 heavy (non-hydrogen) atoms. The van der Waals surface area contributed by atoms with Gasteiger partial charge in [0, 0.05) is 36.3 Å². The molecule has 1 aliphatic heterocycles. The van der Waals surface area contributed by atoms with Crippen LogP contribution in [0, 0.1) is 11.8 Å². The Morgan fingerprint density at radius 3 is 2.17 bits per heavy atom. The van der Waals surface area contributed by atoms with Crippen molar-refractivity contribution >= 4 is 6.29 Å². The normalized spacial score (nSPS) is 17.5. The standard InChI is InChI=1S/C20H19NO2/c22-15-19-9-5-17(6-10-19)2-1-16-3-7-18(8-4-16)13-21-12-11-20(23)14-21/h3-10,15,20,23H,11-14H2. The number of β-amino-alcohol motifs (C(OH)–C–C–N with tert-alkyl or cyclic N) is 1. The van der Waals surface area contributed by atoms with Crippen molar-refractivity contribution in [3.05, 3.63) is 70.8 Å². The zero-order valence-electron chi connectivity index (χ0n) is 12.9. The Labute approximate surface area is 136 Å². The zero-order chi connectivity index (χ0) is 16.1. The van der Waals surface area contributed by atoms with Gasteiger partial charge < -0.3 is 5.11 Å². The maximum Gasteiger partial charge on any atom is 0.150 e. The minimum atomic E-state index is -0.175. The molecule has 0 bridgehead atoms. The molecule has 0 aromatic heterocycles. The summed E-state index contributed by atoms with van der Waals surface area (Å²) in [6.45, 7) is 2.59. The molecular formula is C20H19NO2. The minimum absolute atomic E-state index is 0.175. The van der Waals surface area contributed by atoms with E-state index in [9.17, 15) is 9.90 Å². The largest absolute Gasteiger partial charge is 0.392 e. The molecule has 3 heteroatoms. The topological polar surface area (TPSA) is 40.5 Å². The van der Waals surface area contributed by atoms with Crippen LogP contribution in [0.25, 0.3) is 0 Å². The van der Waals surface area contributed by atoms with Crippen molar-refractivity contribution in [2.24, 2.45) is 0 Å². The molecule has 1 N–H and O–H groups in total. The van der Waals surface area contributed by atoms with Gasteiger partial charge in [-0.25, -0.2) is 0 Å². The van der Waals surface area contributed by atoms with Crippen LogP contribution in [0.5, 0.6) is 0 Å². The van der Waals surface area contributed by atoms with E-state index in [1.54, 1.807) is 12.1 Å². The Bertz CT molecular complexity index is 723. The van der Waals surface area contributed by atoms with Crippen molar-refractivity contribution in [2.75, 3.05) is 13.1 Å². The van der Waals surface area contributed by atoms with Gasteiger partial charge in [0.2, 0.25) is 0 Å². The lowest BCUT2D eigenvalue weighted by atomic mass is 10.1. The average Bonchev–Trinajstić information content (AvgIpc) is 2.99. The monoisotopic (exact) mass is 305 g/mol. The van der Waals surface area contributed by atoms with Crippen molar-refractivity contribution < 1.29 is 9.90 Å². The van der Waals surface area contributed by atoms with Gasteiger partial charge >= 0.3 is 0 Å². The predicted octanol–water partition coefficient (Wildman–Crippen LogP) is 2.47. The molecule has 1 aliphatic rings. The number of benzene rings is 2. The van der Waals surface area contributed by atoms with E-state index in [2.05, 4.69) is 28.9 Å². The molecule has 2 aromatic rings. The highest BCUT2D eigenvalue weighted by Gasteiger charge is 2.19. The Morgan fingerprint density at radius 2 is 1.65 bits per heavy atom. The third-order valence-electron chi connectivity index (χ3n) is 4.01. The first-order valence-corrected chi connectivity index (χ1v) is 7.79. The predicted molar refractivity (Wildman–Crippen MR) is 90.2 cm³/mol. The quantitative estimate of drug-likeness (QED) is 0.699. The maximum absolute atomic E-state index is 10.6. The van der Waals surface area contributed by atoms with E-state index >= 15 is 0 Å². The Morgan fingerprint density at radius 1 is 1.04 bits per heavy atom. The lowest BCUT2D eigenvalue weighted by Gasteiger charge is -2.14. The van der Waals surface area contributed by atoms with Gasteiger partial charge in [0.15, 0.2) is 0 Å². The number of aliphatic hydroxyl groups is 1. The van der Waals surface area contributed by atoms with E-state index in [4.69, 9.17) is 0 Å². The number of rotatable bonds is 3. The number of hydrogen-bond donors (Lipinski definition) is 1. The summed E-state index contributed by atoms with van der Waals surface area (Å²) < 4.78 is 0. The molecule has 1 fully saturated rings. The molecule has 3 nitrogen and oxygen atoms in total. The Kier molecular flexibility index (Phi) is 4.87. The van der Waals surface area contributed by atoms with Crippen LogP contribution in [0.4, 0.5) is 0 Å². The fourth-order valence-corrected chi connectivity index (χ4v) is 2.70. The van der Waals surface area contributed by atoms with E-state index in [1.807, 2.05) is 24.3 Å². The first-order chi connectivity index (χ1) is 11.2. The average molecular weight is 305 g/mol. The number of carbonyl (C=O) groups is 1. The number of likely N-dealkylation sites (tertiary alicyclic amines) is 1. The van der Waals surface area contributed by atoms with Crippen molar-refractivity contribution in [1.29, 1.82) is 0 Å². The summed E-state index contributed by atoms with van der Waals surface area (Å²) in [6, 6.07) is 15.5. The molecule has 1 atom stereocenters. The van der Waals surface area contributed by atoms with Crippen molar-refractivity contribution in [2.45, 2.75) is 19.1 Å². The highest BCUT2D eigenvalue weighted by atomic mass is 16.3. The van der Waals surface area contributed by atoms with Crippen LogP contribution >= 0.6 is 0 Å². The summed E-state index contributed by atoms with van der Waals surface area (Å²) in [5.74, 6) is 6.24. The smallest absolute Gasteiger partial charge is 0.150 e. The maximum atomic E-state index is 10.6. The van der Waals surface area contributed by atoms with E-state index in [0.29, 0.717) is 5.56 Å². The number of aldehydes is 1. The first kappa shape index (κ1) is 15.5. The molecule has 0 radical (unpaired) electrons. The van der Waals surface area contributed by atoms with Gasteiger partial charge in [0.25, 0.3) is 0 Å². The summed E-state index contributed by atoms with van der Waals surface area (Å²) in [6.07, 6.45) is 1.52. The van der Waals surface area contributed by atoms with Crippen LogP contribution in [-0.4, -0.2) is 35.5 Å². The molecule has 1 saturated heterocycles. The van der Waals surface area contributed by atoms with Gasteiger partial charge in [-0.2, -0.15) is 0 Å². The van der Waals surface area contributed by atoms with Gasteiger partial charge in [-0.05, 0) is 36.2 Å². The number of hydrogen-bond acceptors (Lipinski definition) is 3. The number of carbonyl (C=O) groups excluding carboxylic acids is 1. The van der Waals surface area contributed by atoms with Gasteiger partial charge in [-0.3, -0.25) is 9.69 Å². The second-order valence-corrected chi connectivity index (χ2v) is 5.86. The summed E-state index contributed by atoms with van der Waals surface area (Å²) in [5.41, 5.74) is 3.76. The second-order valence-electron chi connectivity index (χ2n) is 5.86. The van der Waals surface area contributed by atoms with Gasteiger partial charge in [0.05, 0.1) is 6.10 Å². The highest BCUT2D eigenvalue weighted by molar-refractivity contribution is 5.74. The van der Waals surface area contributed by atoms with Crippen molar-refractivity contribution in [3.63, 3.8) is 0 Å². The first-order valence-electron chi connectivity index (χ1n) is 7.79. The van der Waals surface area contributed by atoms with E-state index in [1.165, 1.54) is 5.56 Å². The third-order valence-corrected chi connectivity index (χ3v) is 4.01. The number of nitrogens with zero attached hydrogens (tertiary/aromatic N) is 1. The Hall–Kier alpha value is -2.41. The highest BCUT2D eigenvalue weighted by Crippen LogP contribution is 2.13. The molecule has 2 aromatic carbocycles. The van der Waals surface area contributed by atoms with Crippen LogP contribution in [0.3, 0.4) is 0 Å². The number of aliphatic hydroxyl groups excluding tert-OH is 1. The molecule has 3 rings (SSSR count). The molecule has 0 spiro atoms. The summed E-state index contributed by atoms with van der Waals surface area (Å²) in [7, 11) is 0. The molecule has 1 unspecified atom stereocenters. The van der Waals surface area contributed by atoms with Crippen molar-refractivity contribution in [3.8, 4) is 11.8 Å². The summed E-state index contributed by atoms with van der Waals surface area (Å²) in [5, 5.41) is 9.55. The SMILES string of the molecule is O=Cc1ccc(C#Cc2ccc(CN3CCC(O)C3)cc2)cc1. The third kappa shape index (κ3) is 4.29. The summed E-state index contributed by atoms with van der Waals surface area (Å²) >= 11 is 0. The van der Waals surface area contributed by atoms with Crippen molar-refractivity contribution in [1.82, 2.24) is 4.90 Å². The van der Waals surface area contributed by atoms with Crippen LogP contribution in [0.2, 0.25) is 0 Å². The fraction of sp³-hybridized carbons (Fsp3) is 0.250. The zero-order valence-corrected chi connectivity index (χ0v) is 12.9. The molecule has 116 valence electrons. The van der Waals surface area contributed by atoms with Gasteiger partial charge in [-0.1, -0.05) is 36.1 Å². The molecule has 0 amide bonds. The fourth-order valence-electron chi connectivity index (χ4n) is 2.70. The van der Waals surface area contributed by atoms with E-state index < -0.39 is 0 Å². The van der Waals surface area contributed by atoms with Crippen LogP contribution in [0.1, 0.15) is 33.5 Å². The minimum Gasteiger partial charge on any atom is -0.392 e. The van der Waals surface area contributed by atoms with Crippen LogP contribution < -0.4 is 0 Å². The lowest BCUT2D eigenvalue weighted by Crippen LogP contribution is -2.21. The Balaban J connectivity index is 1.63. The van der Waals surface area contributed by atoms with Crippen LogP contribution in [-0.2, 0) is 6.54 Å². The molecule has 1 heterocycles. The second kappa shape index (κ2) is 7.23. The van der Waals surface area contributed by atoms with E-state index in [-0.39, 0.29) is 6.10 Å². The van der Waals surface area contributed by atoms with Crippen LogP contribution in [0.15, 0.2) is 48.5 Å². The molecule has 0 aliphatic carbocycles. The molecular weight excluding hydrogens is 286 g/mol. The van der Waals surface area contributed by atoms with E-state index in [0.717, 1.165) is 43.5 Å². The molecule has 0 saturated carbocycles. The van der Waals surface area contributed by atoms with Gasteiger partial charge in [-0.15, -0.1) is 0 Å².